The van der Waals surface area contributed by atoms with Crippen LogP contribution in [0, 0.1) is 11.2 Å². The number of ether oxygens (including phenoxy) is 1. The standard InChI is InChI=1S/C33H33Cl2FN4O5/c1-32(2,3)14-25-33(21-11-8-17(34)12-23(21)40(16-41)31(33)44)26(20-6-5-7-22(35)27(20)36)28-30(43)38(15-39(25)28)18-9-10-19(29(37)42)24(13-18)45-4/h5-13,25-26,28,41H,14-16H2,1-4H3,(H2,37,42)/t25-,26-,28+,33+/m0/s1. The molecule has 1 spiro atoms. The molecular weight excluding hydrogens is 622 g/mol. The van der Waals surface area contributed by atoms with Crippen LogP contribution in [0.1, 0.15) is 54.6 Å². The number of nitrogens with two attached hydrogens (primary N) is 1. The Labute approximate surface area is 270 Å². The summed E-state index contributed by atoms with van der Waals surface area (Å²) in [5.41, 5.74) is 5.42. The summed E-state index contributed by atoms with van der Waals surface area (Å²) in [6.45, 7) is 5.56. The summed E-state index contributed by atoms with van der Waals surface area (Å²) in [5, 5.41) is 10.7. The van der Waals surface area contributed by atoms with Gasteiger partial charge in [-0.25, -0.2) is 4.39 Å². The van der Waals surface area contributed by atoms with Crippen LogP contribution in [0.2, 0.25) is 10.0 Å². The number of nitrogens with zero attached hydrogens (tertiary/aromatic N) is 3. The Hall–Kier alpha value is -3.70. The summed E-state index contributed by atoms with van der Waals surface area (Å²) in [6, 6.07) is 12.7. The van der Waals surface area contributed by atoms with Crippen LogP contribution in [0.4, 0.5) is 15.8 Å². The van der Waals surface area contributed by atoms with E-state index in [9.17, 15) is 19.5 Å². The number of benzene rings is 3. The van der Waals surface area contributed by atoms with Gasteiger partial charge in [0.2, 0.25) is 11.8 Å². The van der Waals surface area contributed by atoms with Crippen molar-refractivity contribution in [1.29, 1.82) is 0 Å². The zero-order chi connectivity index (χ0) is 32.6. The monoisotopic (exact) mass is 654 g/mol. The van der Waals surface area contributed by atoms with Crippen LogP contribution in [-0.4, -0.2) is 60.3 Å². The Kier molecular flexibility index (Phi) is 7.63. The number of hydrogen-bond donors (Lipinski definition) is 2. The maximum atomic E-state index is 16.2. The van der Waals surface area contributed by atoms with E-state index in [-0.39, 0.29) is 39.9 Å². The third kappa shape index (κ3) is 4.61. The minimum atomic E-state index is -1.47. The highest BCUT2D eigenvalue weighted by molar-refractivity contribution is 6.31. The first kappa shape index (κ1) is 31.3. The molecule has 2 saturated heterocycles. The Bertz CT molecular complexity index is 1750. The molecule has 4 atom stereocenters. The van der Waals surface area contributed by atoms with Crippen LogP contribution in [-0.2, 0) is 15.0 Å². The molecule has 2 fully saturated rings. The summed E-state index contributed by atoms with van der Waals surface area (Å²) >= 11 is 12.7. The van der Waals surface area contributed by atoms with Gasteiger partial charge < -0.3 is 15.6 Å². The molecule has 9 nitrogen and oxygen atoms in total. The number of halogens is 3. The molecule has 3 aromatic rings. The number of fused-ring (bicyclic) bond motifs is 3. The molecule has 0 saturated carbocycles. The van der Waals surface area contributed by atoms with E-state index in [1.54, 1.807) is 47.4 Å². The number of rotatable bonds is 6. The molecular formula is C33H33Cl2FN4O5. The molecule has 3 amide bonds. The highest BCUT2D eigenvalue weighted by atomic mass is 35.5. The molecule has 45 heavy (non-hydrogen) atoms. The van der Waals surface area contributed by atoms with Gasteiger partial charge in [-0.3, -0.25) is 29.1 Å². The van der Waals surface area contributed by atoms with Gasteiger partial charge in [0.1, 0.15) is 23.7 Å². The normalized spacial score (nSPS) is 24.5. The lowest BCUT2D eigenvalue weighted by Crippen LogP contribution is -2.54. The molecule has 3 aromatic carbocycles. The zero-order valence-corrected chi connectivity index (χ0v) is 26.7. The van der Waals surface area contributed by atoms with Crippen molar-refractivity contribution in [1.82, 2.24) is 4.90 Å². The van der Waals surface area contributed by atoms with Crippen molar-refractivity contribution >= 4 is 52.3 Å². The zero-order valence-electron chi connectivity index (χ0n) is 25.2. The average Bonchev–Trinajstić information content (AvgIpc) is 3.54. The first-order valence-corrected chi connectivity index (χ1v) is 15.2. The van der Waals surface area contributed by atoms with Crippen molar-refractivity contribution in [2.45, 2.75) is 50.6 Å². The maximum absolute atomic E-state index is 16.2. The molecule has 0 aliphatic carbocycles. The molecule has 0 radical (unpaired) electrons. The van der Waals surface area contributed by atoms with Crippen molar-refractivity contribution in [2.75, 3.05) is 30.3 Å². The van der Waals surface area contributed by atoms with E-state index in [1.165, 1.54) is 24.1 Å². The molecule has 3 aliphatic rings. The van der Waals surface area contributed by atoms with E-state index in [0.29, 0.717) is 28.4 Å². The molecule has 3 aliphatic heterocycles. The van der Waals surface area contributed by atoms with Gasteiger partial charge in [-0.2, -0.15) is 0 Å². The molecule has 3 heterocycles. The predicted molar refractivity (Wildman–Crippen MR) is 169 cm³/mol. The lowest BCUT2D eigenvalue weighted by Gasteiger charge is -2.41. The quantitative estimate of drug-likeness (QED) is 0.384. The van der Waals surface area contributed by atoms with Gasteiger partial charge in [0.25, 0.3) is 5.91 Å². The summed E-state index contributed by atoms with van der Waals surface area (Å²) in [4.78, 5) is 46.2. The second kappa shape index (κ2) is 11.0. The Morgan fingerprint density at radius 1 is 1.13 bits per heavy atom. The van der Waals surface area contributed by atoms with Crippen LogP contribution < -0.4 is 20.3 Å². The second-order valence-corrected chi connectivity index (χ2v) is 13.8. The number of hydrogen-bond acceptors (Lipinski definition) is 6. The molecule has 0 unspecified atom stereocenters. The number of anilines is 2. The lowest BCUT2D eigenvalue weighted by molar-refractivity contribution is -0.125. The van der Waals surface area contributed by atoms with Crippen LogP contribution >= 0.6 is 23.2 Å². The van der Waals surface area contributed by atoms with E-state index in [0.717, 1.165) is 0 Å². The van der Waals surface area contributed by atoms with Gasteiger partial charge in [-0.05, 0) is 53.3 Å². The number of aliphatic hydroxyl groups is 1. The first-order valence-electron chi connectivity index (χ1n) is 14.5. The van der Waals surface area contributed by atoms with E-state index >= 15 is 4.39 Å². The van der Waals surface area contributed by atoms with Crippen LogP contribution in [0.5, 0.6) is 5.75 Å². The molecule has 0 aromatic heterocycles. The minimum absolute atomic E-state index is 0.0685. The number of aliphatic hydroxyl groups excluding tert-OH is 1. The Morgan fingerprint density at radius 2 is 1.87 bits per heavy atom. The topological polar surface area (TPSA) is 116 Å². The average molecular weight is 656 g/mol. The Morgan fingerprint density at radius 3 is 2.51 bits per heavy atom. The maximum Gasteiger partial charge on any atom is 0.252 e. The number of carbonyl (C=O) groups excluding carboxylic acids is 3. The first-order chi connectivity index (χ1) is 21.3. The van der Waals surface area contributed by atoms with E-state index in [2.05, 4.69) is 0 Å². The molecule has 6 rings (SSSR count). The van der Waals surface area contributed by atoms with Gasteiger partial charge in [0, 0.05) is 28.7 Å². The summed E-state index contributed by atoms with van der Waals surface area (Å²) in [6.07, 6.45) is 0.445. The highest BCUT2D eigenvalue weighted by Gasteiger charge is 2.72. The number of primary amides is 1. The van der Waals surface area contributed by atoms with Gasteiger partial charge in [0.05, 0.1) is 36.1 Å². The second-order valence-electron chi connectivity index (χ2n) is 12.9. The minimum Gasteiger partial charge on any atom is -0.496 e. The van der Waals surface area contributed by atoms with Gasteiger partial charge in [-0.15, -0.1) is 0 Å². The van der Waals surface area contributed by atoms with Crippen LogP contribution in [0.3, 0.4) is 0 Å². The van der Waals surface area contributed by atoms with Crippen molar-refractivity contribution in [3.63, 3.8) is 0 Å². The molecule has 3 N–H and O–H groups in total. The van der Waals surface area contributed by atoms with Crippen LogP contribution in [0.15, 0.2) is 54.6 Å². The van der Waals surface area contributed by atoms with E-state index in [1.807, 2.05) is 25.7 Å². The third-order valence-electron chi connectivity index (χ3n) is 9.23. The number of amides is 3. The van der Waals surface area contributed by atoms with Crippen molar-refractivity contribution in [3.05, 3.63) is 87.2 Å². The van der Waals surface area contributed by atoms with Gasteiger partial charge in [-0.1, -0.05) is 62.2 Å². The summed E-state index contributed by atoms with van der Waals surface area (Å²) in [7, 11) is 1.40. The fraction of sp³-hybridized carbons (Fsp3) is 0.364. The molecule has 12 heteroatoms. The van der Waals surface area contributed by atoms with Crippen LogP contribution in [0.25, 0.3) is 0 Å². The van der Waals surface area contributed by atoms with Gasteiger partial charge >= 0.3 is 0 Å². The number of carbonyl (C=O) groups is 3. The predicted octanol–water partition coefficient (Wildman–Crippen LogP) is 5.05. The fourth-order valence-electron chi connectivity index (χ4n) is 7.55. The van der Waals surface area contributed by atoms with E-state index in [4.69, 9.17) is 33.7 Å². The van der Waals surface area contributed by atoms with Gasteiger partial charge in [0.15, 0.2) is 0 Å². The van der Waals surface area contributed by atoms with Crippen molar-refractivity contribution in [3.8, 4) is 5.75 Å². The number of methoxy groups -OCH3 is 1. The van der Waals surface area contributed by atoms with Crippen molar-refractivity contribution < 1.29 is 28.6 Å². The molecule has 0 bridgehead atoms. The molecule has 236 valence electrons. The lowest BCUT2D eigenvalue weighted by atomic mass is 9.62. The summed E-state index contributed by atoms with van der Waals surface area (Å²) < 4.78 is 21.6. The third-order valence-corrected chi connectivity index (χ3v) is 9.76. The smallest absolute Gasteiger partial charge is 0.252 e. The van der Waals surface area contributed by atoms with Crippen molar-refractivity contribution in [2.24, 2.45) is 11.1 Å². The SMILES string of the molecule is COc1cc(N2CN3[C@@H](CC(C)(C)C)[C@@]4(C(=O)N(CO)c5cc(Cl)ccc54)[C@@H](c4cccc(Cl)c4F)[C@@H]3C2=O)ccc1C(N)=O. The highest BCUT2D eigenvalue weighted by Crippen LogP contribution is 2.63. The summed E-state index contributed by atoms with van der Waals surface area (Å²) in [5.74, 6) is -3.03. The van der Waals surface area contributed by atoms with E-state index < -0.39 is 47.8 Å². The Balaban J connectivity index is 1.62. The fourth-order valence-corrected chi connectivity index (χ4v) is 7.90. The largest absolute Gasteiger partial charge is 0.496 e.